The fraction of sp³-hybridized carbons (Fsp3) is 0.115. The highest BCUT2D eigenvalue weighted by atomic mass is 127. The number of amides is 1. The van der Waals surface area contributed by atoms with E-state index in [1.54, 1.807) is 43.4 Å². The van der Waals surface area contributed by atoms with E-state index in [9.17, 15) is 14.0 Å². The normalized spacial score (nSPS) is 15.6. The molecule has 0 unspecified atom stereocenters. The van der Waals surface area contributed by atoms with Gasteiger partial charge >= 0.3 is 5.97 Å². The molecular formula is C26H19FI2N2O4S. The molecule has 0 bridgehead atoms. The highest BCUT2D eigenvalue weighted by Crippen LogP contribution is 2.35. The van der Waals surface area contributed by atoms with Crippen LogP contribution in [0, 0.1) is 13.0 Å². The lowest BCUT2D eigenvalue weighted by Gasteiger charge is -2.12. The van der Waals surface area contributed by atoms with Gasteiger partial charge in [0.1, 0.15) is 18.2 Å². The fourth-order valence-electron chi connectivity index (χ4n) is 3.24. The number of hydrogen-bond acceptors (Lipinski definition) is 6. The van der Waals surface area contributed by atoms with Crippen molar-refractivity contribution in [1.82, 2.24) is 4.90 Å². The quantitative estimate of drug-likeness (QED) is 0.162. The highest BCUT2D eigenvalue weighted by Gasteiger charge is 2.30. The van der Waals surface area contributed by atoms with Crippen molar-refractivity contribution in [2.45, 2.75) is 6.61 Å². The van der Waals surface area contributed by atoms with Crippen LogP contribution in [0.5, 0.6) is 5.75 Å². The number of thioether (sulfide) groups is 1. The van der Waals surface area contributed by atoms with Gasteiger partial charge in [0.2, 0.25) is 0 Å². The lowest BCUT2D eigenvalue weighted by molar-refractivity contribution is -0.121. The summed E-state index contributed by atoms with van der Waals surface area (Å²) >= 11 is 5.70. The molecule has 0 N–H and O–H groups in total. The minimum Gasteiger partial charge on any atom is -0.487 e. The molecule has 6 nitrogen and oxygen atoms in total. The van der Waals surface area contributed by atoms with Gasteiger partial charge in [-0.05, 0) is 123 Å². The number of ether oxygens (including phenoxy) is 2. The molecule has 1 aliphatic heterocycles. The monoisotopic (exact) mass is 728 g/mol. The van der Waals surface area contributed by atoms with Gasteiger partial charge in [0.05, 0.1) is 30.4 Å². The van der Waals surface area contributed by atoms with Crippen LogP contribution in [-0.4, -0.2) is 36.1 Å². The summed E-state index contributed by atoms with van der Waals surface area (Å²) in [4.78, 5) is 31.1. The van der Waals surface area contributed by atoms with E-state index >= 15 is 0 Å². The van der Waals surface area contributed by atoms with Gasteiger partial charge in [0.25, 0.3) is 5.91 Å². The summed E-state index contributed by atoms with van der Waals surface area (Å²) in [5.74, 6) is -0.109. The van der Waals surface area contributed by atoms with Gasteiger partial charge in [-0.25, -0.2) is 14.2 Å². The van der Waals surface area contributed by atoms with E-state index in [4.69, 9.17) is 9.47 Å². The predicted octanol–water partition coefficient (Wildman–Crippen LogP) is 6.63. The Balaban J connectivity index is 1.51. The zero-order valence-corrected chi connectivity index (χ0v) is 24.3. The standard InChI is InChI=1S/C26H19FI2N2O4S/c1-31-24(32)22(36-26(31)30-19-9-5-17(6-10-19)25(33)34-2)13-16-11-20(28)23(21(29)12-16)35-14-15-3-7-18(27)8-4-15/h3-13H,14H2,1-2H3/b22-13-,30-26?. The molecule has 0 aliphatic carbocycles. The lowest BCUT2D eigenvalue weighted by Crippen LogP contribution is -2.23. The number of aliphatic imine (C=N–C) groups is 1. The van der Waals surface area contributed by atoms with E-state index in [1.165, 1.54) is 35.9 Å². The summed E-state index contributed by atoms with van der Waals surface area (Å²) in [6, 6.07) is 16.8. The van der Waals surface area contributed by atoms with Crippen molar-refractivity contribution in [2.75, 3.05) is 14.2 Å². The van der Waals surface area contributed by atoms with Crippen LogP contribution in [-0.2, 0) is 16.1 Å². The first-order valence-electron chi connectivity index (χ1n) is 10.6. The second-order valence-corrected chi connectivity index (χ2v) is 11.0. The summed E-state index contributed by atoms with van der Waals surface area (Å²) in [5.41, 5.74) is 2.79. The van der Waals surface area contributed by atoms with E-state index in [-0.39, 0.29) is 11.7 Å². The molecule has 0 atom stereocenters. The summed E-state index contributed by atoms with van der Waals surface area (Å²) in [5, 5.41) is 0.542. The highest BCUT2D eigenvalue weighted by molar-refractivity contribution is 14.1. The number of benzene rings is 3. The Morgan fingerprint density at radius 3 is 2.33 bits per heavy atom. The van der Waals surface area contributed by atoms with Crippen LogP contribution in [0.3, 0.4) is 0 Å². The molecule has 10 heteroatoms. The number of esters is 1. The zero-order valence-electron chi connectivity index (χ0n) is 19.1. The van der Waals surface area contributed by atoms with Gasteiger partial charge in [0.15, 0.2) is 5.17 Å². The van der Waals surface area contributed by atoms with E-state index in [0.29, 0.717) is 27.9 Å². The van der Waals surface area contributed by atoms with Crippen molar-refractivity contribution in [1.29, 1.82) is 0 Å². The molecular weight excluding hydrogens is 709 g/mol. The smallest absolute Gasteiger partial charge is 0.337 e. The average molecular weight is 728 g/mol. The van der Waals surface area contributed by atoms with E-state index < -0.39 is 5.97 Å². The van der Waals surface area contributed by atoms with Gasteiger partial charge in [-0.2, -0.15) is 0 Å². The van der Waals surface area contributed by atoms with Crippen LogP contribution in [0.2, 0.25) is 0 Å². The number of halogens is 3. The zero-order chi connectivity index (χ0) is 25.8. The third-order valence-electron chi connectivity index (χ3n) is 5.13. The first-order valence-corrected chi connectivity index (χ1v) is 13.5. The third-order valence-corrected chi connectivity index (χ3v) is 7.79. The number of carbonyl (C=O) groups is 2. The molecule has 1 saturated heterocycles. The SMILES string of the molecule is COC(=O)c1ccc(N=C2S/C(=C\c3cc(I)c(OCc4ccc(F)cc4)c(I)c3)C(=O)N2C)cc1. The van der Waals surface area contributed by atoms with Crippen LogP contribution in [0.4, 0.5) is 10.1 Å². The minimum atomic E-state index is -0.418. The van der Waals surface area contributed by atoms with Gasteiger partial charge in [-0.1, -0.05) is 12.1 Å². The number of hydrogen-bond donors (Lipinski definition) is 0. The molecule has 1 amide bonds. The first kappa shape index (κ1) is 26.6. The van der Waals surface area contributed by atoms with E-state index in [1.807, 2.05) is 18.2 Å². The maximum Gasteiger partial charge on any atom is 0.337 e. The fourth-order valence-corrected chi connectivity index (χ4v) is 6.35. The number of nitrogens with zero attached hydrogens (tertiary/aromatic N) is 2. The topological polar surface area (TPSA) is 68.2 Å². The van der Waals surface area contributed by atoms with Crippen molar-refractivity contribution < 1.29 is 23.5 Å². The average Bonchev–Trinajstić information content (AvgIpc) is 3.12. The number of amidine groups is 1. The minimum absolute atomic E-state index is 0.147. The Bertz CT molecular complexity index is 1350. The maximum absolute atomic E-state index is 13.1. The molecule has 1 aliphatic rings. The largest absolute Gasteiger partial charge is 0.487 e. The van der Waals surface area contributed by atoms with Crippen LogP contribution in [0.15, 0.2) is 70.6 Å². The molecule has 1 heterocycles. The van der Waals surface area contributed by atoms with Gasteiger partial charge < -0.3 is 9.47 Å². The molecule has 0 aromatic heterocycles. The van der Waals surface area contributed by atoms with E-state index in [0.717, 1.165) is 24.0 Å². The maximum atomic E-state index is 13.1. The summed E-state index contributed by atoms with van der Waals surface area (Å²) < 4.78 is 25.6. The van der Waals surface area contributed by atoms with Crippen molar-refractivity contribution >= 4 is 85.8 Å². The van der Waals surface area contributed by atoms with Gasteiger partial charge in [-0.3, -0.25) is 9.69 Å². The third kappa shape index (κ3) is 6.27. The van der Waals surface area contributed by atoms with Crippen molar-refractivity contribution in [3.8, 4) is 5.75 Å². The van der Waals surface area contributed by atoms with Gasteiger partial charge in [0, 0.05) is 7.05 Å². The Labute approximate surface area is 239 Å². The van der Waals surface area contributed by atoms with Crippen LogP contribution >= 0.6 is 56.9 Å². The molecule has 0 spiro atoms. The van der Waals surface area contributed by atoms with Crippen LogP contribution < -0.4 is 4.74 Å². The molecule has 36 heavy (non-hydrogen) atoms. The Morgan fingerprint density at radius 1 is 1.08 bits per heavy atom. The first-order chi connectivity index (χ1) is 17.2. The lowest BCUT2D eigenvalue weighted by atomic mass is 10.2. The number of rotatable bonds is 6. The van der Waals surface area contributed by atoms with Gasteiger partial charge in [-0.15, -0.1) is 0 Å². The van der Waals surface area contributed by atoms with Crippen molar-refractivity contribution in [2.24, 2.45) is 4.99 Å². The molecule has 4 rings (SSSR count). The second kappa shape index (κ2) is 11.7. The summed E-state index contributed by atoms with van der Waals surface area (Å²) in [7, 11) is 3.01. The van der Waals surface area contributed by atoms with E-state index in [2.05, 4.69) is 50.2 Å². The van der Waals surface area contributed by atoms with Crippen LogP contribution in [0.25, 0.3) is 6.08 Å². The van der Waals surface area contributed by atoms with Crippen molar-refractivity contribution in [3.05, 3.63) is 95.2 Å². The number of carbonyl (C=O) groups excluding carboxylic acids is 2. The molecule has 3 aromatic carbocycles. The second-order valence-electron chi connectivity index (χ2n) is 7.64. The summed E-state index contributed by atoms with van der Waals surface area (Å²) in [6.45, 7) is 0.326. The Hall–Kier alpha value is -2.45. The Morgan fingerprint density at radius 2 is 1.72 bits per heavy atom. The number of likely N-dealkylation sites (N-methyl/N-ethyl adjacent to an activating group) is 1. The molecule has 184 valence electrons. The molecule has 3 aromatic rings. The predicted molar refractivity (Wildman–Crippen MR) is 156 cm³/mol. The summed E-state index contributed by atoms with van der Waals surface area (Å²) in [6.07, 6.45) is 1.83. The number of methoxy groups -OCH3 is 1. The van der Waals surface area contributed by atoms with Crippen LogP contribution in [0.1, 0.15) is 21.5 Å². The molecule has 1 fully saturated rings. The van der Waals surface area contributed by atoms with Crippen molar-refractivity contribution in [3.63, 3.8) is 0 Å². The molecule has 0 radical (unpaired) electrons. The molecule has 0 saturated carbocycles. The Kier molecular flexibility index (Phi) is 8.67.